The van der Waals surface area contributed by atoms with Gasteiger partial charge in [-0.25, -0.2) is 0 Å². The smallest absolute Gasteiger partial charge is 0.258 e. The Kier molecular flexibility index (Phi) is 8.10. The van der Waals surface area contributed by atoms with Gasteiger partial charge in [0.25, 0.3) is 5.91 Å². The minimum atomic E-state index is 0.0108. The number of rotatable bonds is 11. The first-order chi connectivity index (χ1) is 16.7. The Morgan fingerprint density at radius 1 is 0.912 bits per heavy atom. The van der Waals surface area contributed by atoms with Gasteiger partial charge in [0.1, 0.15) is 5.75 Å². The molecule has 34 heavy (non-hydrogen) atoms. The summed E-state index contributed by atoms with van der Waals surface area (Å²) in [5, 5.41) is 3.46. The van der Waals surface area contributed by atoms with Crippen molar-refractivity contribution in [2.75, 3.05) is 31.6 Å². The minimum absolute atomic E-state index is 0.0108. The van der Waals surface area contributed by atoms with E-state index >= 15 is 0 Å². The standard InChI is InChI=1S/C29H32N2O3/c1-34-28-13-6-5-9-22(28)16-19-30-18-8-7-12-27(32)25-14-15-26-24(21-25)17-20-31(26)29(33)23-10-3-2-4-11-23/h2-6,9-11,13-15,21,30H,7-8,12,16-20H2,1H3. The molecular formula is C29H32N2O3. The number of amides is 1. The number of ketones is 1. The number of ether oxygens (including phenoxy) is 1. The molecule has 176 valence electrons. The van der Waals surface area contributed by atoms with Crippen LogP contribution in [-0.4, -0.2) is 38.4 Å². The molecule has 0 aromatic heterocycles. The largest absolute Gasteiger partial charge is 0.496 e. The van der Waals surface area contributed by atoms with Crippen molar-refractivity contribution in [2.45, 2.75) is 32.1 Å². The monoisotopic (exact) mass is 456 g/mol. The lowest BCUT2D eigenvalue weighted by molar-refractivity contribution is 0.0975. The van der Waals surface area contributed by atoms with Crippen LogP contribution in [0.4, 0.5) is 5.69 Å². The third-order valence-electron chi connectivity index (χ3n) is 6.33. The Hall–Kier alpha value is -3.44. The van der Waals surface area contributed by atoms with Gasteiger partial charge in [0.05, 0.1) is 7.11 Å². The fraction of sp³-hybridized carbons (Fsp3) is 0.310. The number of nitrogens with one attached hydrogen (secondary N) is 1. The minimum Gasteiger partial charge on any atom is -0.496 e. The second-order valence-electron chi connectivity index (χ2n) is 8.61. The third kappa shape index (κ3) is 5.72. The number of methoxy groups -OCH3 is 1. The second-order valence-corrected chi connectivity index (χ2v) is 8.61. The lowest BCUT2D eigenvalue weighted by Gasteiger charge is -2.17. The fourth-order valence-electron chi connectivity index (χ4n) is 4.46. The zero-order valence-electron chi connectivity index (χ0n) is 19.8. The van der Waals surface area contributed by atoms with E-state index in [1.165, 1.54) is 5.56 Å². The summed E-state index contributed by atoms with van der Waals surface area (Å²) in [7, 11) is 1.70. The van der Waals surface area contributed by atoms with E-state index in [1.807, 2.05) is 71.6 Å². The highest BCUT2D eigenvalue weighted by Crippen LogP contribution is 2.30. The van der Waals surface area contributed by atoms with Crippen molar-refractivity contribution in [2.24, 2.45) is 0 Å². The van der Waals surface area contributed by atoms with E-state index in [1.54, 1.807) is 7.11 Å². The normalized spacial score (nSPS) is 12.4. The van der Waals surface area contributed by atoms with Crippen LogP contribution in [0.2, 0.25) is 0 Å². The highest BCUT2D eigenvalue weighted by molar-refractivity contribution is 6.07. The molecule has 4 rings (SSSR count). The molecule has 5 heteroatoms. The molecule has 0 aliphatic carbocycles. The van der Waals surface area contributed by atoms with Gasteiger partial charge < -0.3 is 15.0 Å². The van der Waals surface area contributed by atoms with Crippen molar-refractivity contribution in [3.63, 3.8) is 0 Å². The molecule has 1 N–H and O–H groups in total. The lowest BCUT2D eigenvalue weighted by Crippen LogP contribution is -2.28. The van der Waals surface area contributed by atoms with E-state index in [-0.39, 0.29) is 11.7 Å². The summed E-state index contributed by atoms with van der Waals surface area (Å²) in [4.78, 5) is 27.4. The molecule has 0 spiro atoms. The highest BCUT2D eigenvalue weighted by atomic mass is 16.5. The van der Waals surface area contributed by atoms with E-state index in [4.69, 9.17) is 4.74 Å². The molecule has 0 radical (unpaired) electrons. The summed E-state index contributed by atoms with van der Waals surface area (Å²) >= 11 is 0. The Morgan fingerprint density at radius 3 is 2.53 bits per heavy atom. The van der Waals surface area contributed by atoms with Crippen LogP contribution in [0.25, 0.3) is 0 Å². The first-order valence-corrected chi connectivity index (χ1v) is 12.0. The van der Waals surface area contributed by atoms with E-state index in [0.717, 1.165) is 61.3 Å². The number of Topliss-reactive ketones (excluding diaryl/α,β-unsaturated/α-hetero) is 1. The maximum atomic E-state index is 12.8. The van der Waals surface area contributed by atoms with Gasteiger partial charge in [-0.15, -0.1) is 0 Å². The van der Waals surface area contributed by atoms with Crippen LogP contribution in [-0.2, 0) is 12.8 Å². The lowest BCUT2D eigenvalue weighted by atomic mass is 10.0. The van der Waals surface area contributed by atoms with Crippen LogP contribution in [0.15, 0.2) is 72.8 Å². The first-order valence-electron chi connectivity index (χ1n) is 12.0. The molecule has 0 atom stereocenters. The van der Waals surface area contributed by atoms with Gasteiger partial charge >= 0.3 is 0 Å². The summed E-state index contributed by atoms with van der Waals surface area (Å²) in [5.74, 6) is 1.11. The van der Waals surface area contributed by atoms with E-state index < -0.39 is 0 Å². The number of unbranched alkanes of at least 4 members (excludes halogenated alkanes) is 1. The molecule has 3 aromatic rings. The van der Waals surface area contributed by atoms with Crippen molar-refractivity contribution in [1.29, 1.82) is 0 Å². The Morgan fingerprint density at radius 2 is 1.71 bits per heavy atom. The number of carbonyl (C=O) groups is 2. The number of hydrogen-bond acceptors (Lipinski definition) is 4. The average molecular weight is 457 g/mol. The number of nitrogens with zero attached hydrogens (tertiary/aromatic N) is 1. The van der Waals surface area contributed by atoms with E-state index in [9.17, 15) is 9.59 Å². The van der Waals surface area contributed by atoms with Gasteiger partial charge in [0.15, 0.2) is 5.78 Å². The Bertz CT molecular complexity index is 1130. The Labute approximate surface area is 201 Å². The number of para-hydroxylation sites is 1. The summed E-state index contributed by atoms with van der Waals surface area (Å²) < 4.78 is 5.39. The van der Waals surface area contributed by atoms with Crippen molar-refractivity contribution in [3.05, 3.63) is 95.1 Å². The van der Waals surface area contributed by atoms with Crippen LogP contribution in [0.1, 0.15) is 51.1 Å². The molecule has 0 saturated carbocycles. The molecule has 0 fully saturated rings. The van der Waals surface area contributed by atoms with Crippen LogP contribution < -0.4 is 15.0 Å². The summed E-state index contributed by atoms with van der Waals surface area (Å²) in [5.41, 5.74) is 4.63. The fourth-order valence-corrected chi connectivity index (χ4v) is 4.46. The molecular weight excluding hydrogens is 424 g/mol. The van der Waals surface area contributed by atoms with Gasteiger partial charge in [-0.3, -0.25) is 9.59 Å². The molecule has 1 heterocycles. The maximum Gasteiger partial charge on any atom is 0.258 e. The van der Waals surface area contributed by atoms with E-state index in [2.05, 4.69) is 11.4 Å². The number of carbonyl (C=O) groups excluding carboxylic acids is 2. The van der Waals surface area contributed by atoms with Gasteiger partial charge in [-0.1, -0.05) is 36.4 Å². The first kappa shape index (κ1) is 23.7. The van der Waals surface area contributed by atoms with Gasteiger partial charge in [-0.05, 0) is 86.3 Å². The zero-order valence-corrected chi connectivity index (χ0v) is 19.8. The maximum absolute atomic E-state index is 12.8. The molecule has 1 aliphatic rings. The van der Waals surface area contributed by atoms with Crippen molar-refractivity contribution >= 4 is 17.4 Å². The van der Waals surface area contributed by atoms with Gasteiger partial charge in [0, 0.05) is 29.8 Å². The molecule has 3 aromatic carbocycles. The summed E-state index contributed by atoms with van der Waals surface area (Å²) in [6.07, 6.45) is 4.06. The molecule has 0 bridgehead atoms. The number of hydrogen-bond donors (Lipinski definition) is 1. The quantitative estimate of drug-likeness (QED) is 0.323. The van der Waals surface area contributed by atoms with Crippen molar-refractivity contribution in [3.8, 4) is 5.75 Å². The van der Waals surface area contributed by atoms with Crippen LogP contribution in [0, 0.1) is 0 Å². The average Bonchev–Trinajstić information content (AvgIpc) is 3.31. The molecule has 1 amide bonds. The summed E-state index contributed by atoms with van der Waals surface area (Å²) in [6, 6.07) is 23.2. The number of benzene rings is 3. The van der Waals surface area contributed by atoms with Crippen LogP contribution >= 0.6 is 0 Å². The van der Waals surface area contributed by atoms with Crippen molar-refractivity contribution < 1.29 is 14.3 Å². The molecule has 5 nitrogen and oxygen atoms in total. The Balaban J connectivity index is 1.20. The number of fused-ring (bicyclic) bond motifs is 1. The molecule has 0 unspecified atom stereocenters. The zero-order chi connectivity index (χ0) is 23.8. The van der Waals surface area contributed by atoms with Gasteiger partial charge in [-0.2, -0.15) is 0 Å². The topological polar surface area (TPSA) is 58.6 Å². The predicted octanol–water partition coefficient (Wildman–Crippen LogP) is 5.08. The molecule has 0 saturated heterocycles. The SMILES string of the molecule is COc1ccccc1CCNCCCCC(=O)c1ccc2c(c1)CCN2C(=O)c1ccccc1. The van der Waals surface area contributed by atoms with Crippen LogP contribution in [0.3, 0.4) is 0 Å². The summed E-state index contributed by atoms with van der Waals surface area (Å²) in [6.45, 7) is 2.43. The van der Waals surface area contributed by atoms with Gasteiger partial charge in [0.2, 0.25) is 0 Å². The highest BCUT2D eigenvalue weighted by Gasteiger charge is 2.26. The van der Waals surface area contributed by atoms with E-state index in [0.29, 0.717) is 18.5 Å². The predicted molar refractivity (Wildman–Crippen MR) is 136 cm³/mol. The molecule has 1 aliphatic heterocycles. The van der Waals surface area contributed by atoms with Crippen LogP contribution in [0.5, 0.6) is 5.75 Å². The third-order valence-corrected chi connectivity index (χ3v) is 6.33. The van der Waals surface area contributed by atoms with Crippen molar-refractivity contribution in [1.82, 2.24) is 5.32 Å². The second kappa shape index (κ2) is 11.6. The number of anilines is 1.